The van der Waals surface area contributed by atoms with Gasteiger partial charge >= 0.3 is 0 Å². The second-order valence-electron chi connectivity index (χ2n) is 3.98. The van der Waals surface area contributed by atoms with E-state index in [4.69, 9.17) is 0 Å². The van der Waals surface area contributed by atoms with E-state index in [2.05, 4.69) is 18.1 Å². The molecule has 17 heavy (non-hydrogen) atoms. The molecule has 2 unspecified atom stereocenters. The molecule has 1 rings (SSSR count). The zero-order valence-electron chi connectivity index (χ0n) is 10.7. The SMILES string of the molecule is CCC(C)S(=O)(=O)[O-].CCCC[NH+]1C=CN=C1. The third kappa shape index (κ3) is 8.06. The molecule has 1 aliphatic rings. The van der Waals surface area contributed by atoms with Gasteiger partial charge in [0.2, 0.25) is 0 Å². The first kappa shape index (κ1) is 16.3. The van der Waals surface area contributed by atoms with E-state index in [0.29, 0.717) is 6.42 Å². The predicted octanol–water partition coefficient (Wildman–Crippen LogP) is 0.515. The first-order chi connectivity index (χ1) is 7.91. The van der Waals surface area contributed by atoms with Crippen molar-refractivity contribution < 1.29 is 17.9 Å². The summed E-state index contributed by atoms with van der Waals surface area (Å²) in [6, 6.07) is 0. The maximum atomic E-state index is 10.0. The van der Waals surface area contributed by atoms with Crippen molar-refractivity contribution in [3.63, 3.8) is 0 Å². The van der Waals surface area contributed by atoms with Crippen LogP contribution in [0.1, 0.15) is 40.0 Å². The molecule has 0 aliphatic carbocycles. The number of unbranched alkanes of at least 4 members (excludes halogenated alkanes) is 1. The van der Waals surface area contributed by atoms with Gasteiger partial charge in [-0.05, 0) is 19.8 Å². The summed E-state index contributed by atoms with van der Waals surface area (Å²) >= 11 is 0. The van der Waals surface area contributed by atoms with Gasteiger partial charge in [-0.25, -0.2) is 13.4 Å². The zero-order chi connectivity index (χ0) is 13.3. The Balaban J connectivity index is 0.000000304. The lowest BCUT2D eigenvalue weighted by Crippen LogP contribution is -3.05. The standard InChI is InChI=1S/C7H12N2.C4H10O3S/c1-2-3-5-9-6-4-8-7-9;1-3-4(2)8(5,6)7/h4,6-7H,2-3,5H2,1H3;4H,3H2,1-2H3,(H,5,6,7). The molecule has 0 aromatic heterocycles. The largest absolute Gasteiger partial charge is 0.748 e. The molecular formula is C11H22N2O3S. The van der Waals surface area contributed by atoms with Crippen molar-refractivity contribution in [2.75, 3.05) is 6.54 Å². The highest BCUT2D eigenvalue weighted by atomic mass is 32.2. The van der Waals surface area contributed by atoms with Gasteiger partial charge in [-0.1, -0.05) is 20.3 Å². The average molecular weight is 262 g/mol. The summed E-state index contributed by atoms with van der Waals surface area (Å²) in [5.41, 5.74) is 0. The smallest absolute Gasteiger partial charge is 0.193 e. The van der Waals surface area contributed by atoms with Crippen molar-refractivity contribution in [1.82, 2.24) is 0 Å². The second-order valence-corrected chi connectivity index (χ2v) is 5.77. The summed E-state index contributed by atoms with van der Waals surface area (Å²) in [6.45, 7) is 6.47. The molecule has 0 saturated carbocycles. The van der Waals surface area contributed by atoms with E-state index in [1.54, 1.807) is 6.92 Å². The quantitative estimate of drug-likeness (QED) is 0.734. The summed E-state index contributed by atoms with van der Waals surface area (Å²) in [7, 11) is -4.00. The Morgan fingerprint density at radius 2 is 2.06 bits per heavy atom. The molecule has 0 saturated heterocycles. The van der Waals surface area contributed by atoms with Crippen LogP contribution >= 0.6 is 0 Å². The number of hydrogen-bond donors (Lipinski definition) is 1. The van der Waals surface area contributed by atoms with Crippen LogP contribution < -0.4 is 4.90 Å². The first-order valence-electron chi connectivity index (χ1n) is 5.92. The zero-order valence-corrected chi connectivity index (χ0v) is 11.5. The fourth-order valence-electron chi connectivity index (χ4n) is 1.05. The van der Waals surface area contributed by atoms with E-state index in [1.165, 1.54) is 31.2 Å². The highest BCUT2D eigenvalue weighted by molar-refractivity contribution is 7.86. The summed E-state index contributed by atoms with van der Waals surface area (Å²) in [6.07, 6.45) is 8.82. The van der Waals surface area contributed by atoms with Crippen molar-refractivity contribution >= 4 is 16.5 Å². The molecule has 0 spiro atoms. The summed E-state index contributed by atoms with van der Waals surface area (Å²) < 4.78 is 30.0. The molecule has 0 fully saturated rings. The molecular weight excluding hydrogens is 240 g/mol. The van der Waals surface area contributed by atoms with Crippen LogP contribution in [0, 0.1) is 0 Å². The van der Waals surface area contributed by atoms with Crippen molar-refractivity contribution in [3.05, 3.63) is 12.4 Å². The van der Waals surface area contributed by atoms with Crippen molar-refractivity contribution in [2.24, 2.45) is 4.99 Å². The lowest BCUT2D eigenvalue weighted by Gasteiger charge is -2.12. The van der Waals surface area contributed by atoms with Crippen molar-refractivity contribution in [2.45, 2.75) is 45.3 Å². The Kier molecular flexibility index (Phi) is 8.03. The topological polar surface area (TPSA) is 74.0 Å². The van der Waals surface area contributed by atoms with Crippen molar-refractivity contribution in [1.29, 1.82) is 0 Å². The van der Waals surface area contributed by atoms with Crippen LogP contribution in [0.2, 0.25) is 0 Å². The molecule has 1 aliphatic heterocycles. The van der Waals surface area contributed by atoms with E-state index < -0.39 is 15.4 Å². The molecule has 1 heterocycles. The molecule has 0 aromatic carbocycles. The molecule has 6 heteroatoms. The minimum atomic E-state index is -4.00. The van der Waals surface area contributed by atoms with E-state index in [-0.39, 0.29) is 0 Å². The number of aliphatic imine (C=N–C) groups is 1. The minimum absolute atomic E-state index is 0.395. The number of rotatable bonds is 5. The lowest BCUT2D eigenvalue weighted by molar-refractivity contribution is -0.736. The van der Waals surface area contributed by atoms with Gasteiger partial charge in [0.25, 0.3) is 0 Å². The molecule has 0 amide bonds. The summed E-state index contributed by atoms with van der Waals surface area (Å²) in [5, 5.41) is -0.734. The van der Waals surface area contributed by atoms with E-state index in [9.17, 15) is 13.0 Å². The highest BCUT2D eigenvalue weighted by Gasteiger charge is 2.04. The van der Waals surface area contributed by atoms with Crippen LogP contribution in [0.15, 0.2) is 17.4 Å². The molecule has 0 aromatic rings. The first-order valence-corrected chi connectivity index (χ1v) is 7.39. The Labute approximate surface area is 104 Å². The van der Waals surface area contributed by atoms with Gasteiger partial charge in [-0.2, -0.15) is 0 Å². The monoisotopic (exact) mass is 262 g/mol. The molecule has 2 atom stereocenters. The maximum Gasteiger partial charge on any atom is 0.193 e. The van der Waals surface area contributed by atoms with E-state index in [1.807, 2.05) is 12.5 Å². The van der Waals surface area contributed by atoms with Gasteiger partial charge in [-0.15, -0.1) is 0 Å². The van der Waals surface area contributed by atoms with Crippen LogP contribution in [0.25, 0.3) is 0 Å². The number of nitrogens with zero attached hydrogens (tertiary/aromatic N) is 1. The maximum absolute atomic E-state index is 10.0. The Morgan fingerprint density at radius 1 is 1.41 bits per heavy atom. The number of nitrogens with one attached hydrogen (secondary N) is 1. The van der Waals surface area contributed by atoms with Gasteiger partial charge in [0.1, 0.15) is 6.20 Å². The minimum Gasteiger partial charge on any atom is -0.748 e. The third-order valence-electron chi connectivity index (χ3n) is 2.50. The molecule has 0 radical (unpaired) electrons. The molecule has 100 valence electrons. The fourth-order valence-corrected chi connectivity index (χ4v) is 1.46. The van der Waals surface area contributed by atoms with E-state index >= 15 is 0 Å². The Hall–Kier alpha value is -0.720. The van der Waals surface area contributed by atoms with Gasteiger partial charge in [0.05, 0.1) is 22.9 Å². The van der Waals surface area contributed by atoms with E-state index in [0.717, 1.165) is 0 Å². The second kappa shape index (κ2) is 8.38. The van der Waals surface area contributed by atoms with Crippen LogP contribution in [-0.2, 0) is 10.1 Å². The van der Waals surface area contributed by atoms with Crippen LogP contribution in [0.5, 0.6) is 0 Å². The van der Waals surface area contributed by atoms with Gasteiger partial charge in [0.15, 0.2) is 6.34 Å². The van der Waals surface area contributed by atoms with Crippen LogP contribution in [0.4, 0.5) is 0 Å². The van der Waals surface area contributed by atoms with Crippen LogP contribution in [0.3, 0.4) is 0 Å². The summed E-state index contributed by atoms with van der Waals surface area (Å²) in [5.74, 6) is 0. The Bertz CT molecular complexity index is 338. The van der Waals surface area contributed by atoms with Gasteiger partial charge in [0, 0.05) is 5.25 Å². The Morgan fingerprint density at radius 3 is 2.35 bits per heavy atom. The molecule has 0 bridgehead atoms. The third-order valence-corrected chi connectivity index (χ3v) is 3.82. The lowest BCUT2D eigenvalue weighted by atomic mass is 10.3. The highest BCUT2D eigenvalue weighted by Crippen LogP contribution is 1.99. The predicted molar refractivity (Wildman–Crippen MR) is 67.8 cm³/mol. The van der Waals surface area contributed by atoms with Gasteiger partial charge in [-0.3, -0.25) is 4.90 Å². The number of hydrogen-bond acceptors (Lipinski definition) is 4. The molecule has 1 N–H and O–H groups in total. The average Bonchev–Trinajstić information content (AvgIpc) is 2.77. The summed E-state index contributed by atoms with van der Waals surface area (Å²) in [4.78, 5) is 5.35. The number of quaternary nitrogens is 1. The van der Waals surface area contributed by atoms with Gasteiger partial charge < -0.3 is 4.55 Å². The normalized spacial score (nSPS) is 19.9. The van der Waals surface area contributed by atoms with Crippen LogP contribution in [-0.4, -0.2) is 31.1 Å². The van der Waals surface area contributed by atoms with Crippen molar-refractivity contribution in [3.8, 4) is 0 Å². The fraction of sp³-hybridized carbons (Fsp3) is 0.727. The molecule has 5 nitrogen and oxygen atoms in total.